The molecule has 1 N–H and O–H groups in total. The molecule has 0 spiro atoms. The van der Waals surface area contributed by atoms with E-state index in [0.29, 0.717) is 17.6 Å². The van der Waals surface area contributed by atoms with Crippen LogP contribution < -0.4 is 0 Å². The standard InChI is InChI=1S/C16H17BrFNO/c17-16-14(7-4-8-15(16)18)12-19(9-10-20)11-13-5-2-1-3-6-13/h1-8,20H,9-12H2. The van der Waals surface area contributed by atoms with E-state index < -0.39 is 0 Å². The summed E-state index contributed by atoms with van der Waals surface area (Å²) in [6.45, 7) is 1.95. The van der Waals surface area contributed by atoms with E-state index in [0.717, 1.165) is 12.1 Å². The van der Waals surface area contributed by atoms with Gasteiger partial charge in [-0.1, -0.05) is 42.5 Å². The minimum absolute atomic E-state index is 0.0831. The van der Waals surface area contributed by atoms with Gasteiger partial charge in [0, 0.05) is 19.6 Å². The number of hydrogen-bond donors (Lipinski definition) is 1. The van der Waals surface area contributed by atoms with Gasteiger partial charge in [0.15, 0.2) is 0 Å². The van der Waals surface area contributed by atoms with Crippen molar-refractivity contribution < 1.29 is 9.50 Å². The summed E-state index contributed by atoms with van der Waals surface area (Å²) in [7, 11) is 0. The smallest absolute Gasteiger partial charge is 0.137 e. The molecule has 20 heavy (non-hydrogen) atoms. The predicted octanol–water partition coefficient (Wildman–Crippen LogP) is 3.58. The molecule has 0 saturated carbocycles. The van der Waals surface area contributed by atoms with Crippen molar-refractivity contribution in [3.05, 3.63) is 69.9 Å². The molecule has 0 atom stereocenters. The predicted molar refractivity (Wildman–Crippen MR) is 81.7 cm³/mol. The normalized spacial score (nSPS) is 11.0. The molecule has 0 aliphatic carbocycles. The molecule has 0 heterocycles. The van der Waals surface area contributed by atoms with Crippen LogP contribution in [0.25, 0.3) is 0 Å². The van der Waals surface area contributed by atoms with Crippen LogP contribution in [0.1, 0.15) is 11.1 Å². The number of nitrogens with zero attached hydrogens (tertiary/aromatic N) is 1. The highest BCUT2D eigenvalue weighted by Crippen LogP contribution is 2.22. The van der Waals surface area contributed by atoms with Gasteiger partial charge in [-0.15, -0.1) is 0 Å². The summed E-state index contributed by atoms with van der Waals surface area (Å²) in [4.78, 5) is 2.09. The summed E-state index contributed by atoms with van der Waals surface area (Å²) >= 11 is 3.28. The van der Waals surface area contributed by atoms with Crippen LogP contribution in [0.5, 0.6) is 0 Å². The Morgan fingerprint density at radius 2 is 1.75 bits per heavy atom. The fraction of sp³-hybridized carbons (Fsp3) is 0.250. The van der Waals surface area contributed by atoms with Crippen LogP contribution in [0, 0.1) is 5.82 Å². The van der Waals surface area contributed by atoms with E-state index in [2.05, 4.69) is 20.8 Å². The summed E-state index contributed by atoms with van der Waals surface area (Å²) in [5.74, 6) is -0.258. The van der Waals surface area contributed by atoms with E-state index in [9.17, 15) is 9.50 Å². The third kappa shape index (κ3) is 4.13. The lowest BCUT2D eigenvalue weighted by atomic mass is 10.1. The highest BCUT2D eigenvalue weighted by molar-refractivity contribution is 9.10. The highest BCUT2D eigenvalue weighted by atomic mass is 79.9. The maximum Gasteiger partial charge on any atom is 0.137 e. The summed E-state index contributed by atoms with van der Waals surface area (Å²) < 4.78 is 14.0. The zero-order chi connectivity index (χ0) is 14.4. The van der Waals surface area contributed by atoms with Gasteiger partial charge < -0.3 is 5.11 Å². The average Bonchev–Trinajstić information content (AvgIpc) is 2.45. The van der Waals surface area contributed by atoms with Crippen LogP contribution in [-0.4, -0.2) is 23.2 Å². The van der Waals surface area contributed by atoms with Gasteiger partial charge in [-0.25, -0.2) is 4.39 Å². The first-order valence-electron chi connectivity index (χ1n) is 6.50. The number of aliphatic hydroxyl groups excluding tert-OH is 1. The van der Waals surface area contributed by atoms with Crippen LogP contribution in [-0.2, 0) is 13.1 Å². The second-order valence-electron chi connectivity index (χ2n) is 4.63. The molecule has 0 aromatic heterocycles. The van der Waals surface area contributed by atoms with Gasteiger partial charge in [-0.05, 0) is 33.1 Å². The van der Waals surface area contributed by atoms with Gasteiger partial charge in [0.05, 0.1) is 11.1 Å². The van der Waals surface area contributed by atoms with Crippen molar-refractivity contribution in [1.29, 1.82) is 0 Å². The first-order valence-corrected chi connectivity index (χ1v) is 7.30. The lowest BCUT2D eigenvalue weighted by Gasteiger charge is -2.22. The fourth-order valence-corrected chi connectivity index (χ4v) is 2.50. The van der Waals surface area contributed by atoms with Gasteiger partial charge in [0.25, 0.3) is 0 Å². The zero-order valence-corrected chi connectivity index (χ0v) is 12.7. The molecule has 0 unspecified atom stereocenters. The minimum atomic E-state index is -0.258. The van der Waals surface area contributed by atoms with E-state index in [4.69, 9.17) is 0 Å². The molecule has 0 amide bonds. The Morgan fingerprint density at radius 1 is 1.00 bits per heavy atom. The van der Waals surface area contributed by atoms with Crippen molar-refractivity contribution in [3.63, 3.8) is 0 Å². The van der Waals surface area contributed by atoms with Crippen LogP contribution in [0.15, 0.2) is 53.0 Å². The number of halogens is 2. The van der Waals surface area contributed by atoms with Crippen molar-refractivity contribution in [2.24, 2.45) is 0 Å². The van der Waals surface area contributed by atoms with Gasteiger partial charge in [0.2, 0.25) is 0 Å². The molecule has 2 rings (SSSR count). The maximum atomic E-state index is 13.5. The van der Waals surface area contributed by atoms with Crippen LogP contribution in [0.3, 0.4) is 0 Å². The molecule has 0 radical (unpaired) electrons. The summed E-state index contributed by atoms with van der Waals surface area (Å²) in [6, 6.07) is 15.1. The quantitative estimate of drug-likeness (QED) is 0.870. The largest absolute Gasteiger partial charge is 0.395 e. The Balaban J connectivity index is 2.11. The van der Waals surface area contributed by atoms with Crippen molar-refractivity contribution in [2.75, 3.05) is 13.2 Å². The van der Waals surface area contributed by atoms with Crippen LogP contribution in [0.2, 0.25) is 0 Å². The van der Waals surface area contributed by atoms with Crippen molar-refractivity contribution in [1.82, 2.24) is 4.90 Å². The number of rotatable bonds is 6. The average molecular weight is 338 g/mol. The molecular formula is C16H17BrFNO. The fourth-order valence-electron chi connectivity index (χ4n) is 2.11. The molecule has 0 aliphatic heterocycles. The van der Waals surface area contributed by atoms with Crippen molar-refractivity contribution in [2.45, 2.75) is 13.1 Å². The third-order valence-electron chi connectivity index (χ3n) is 3.09. The van der Waals surface area contributed by atoms with Gasteiger partial charge in [-0.2, -0.15) is 0 Å². The second-order valence-corrected chi connectivity index (χ2v) is 5.43. The molecule has 0 fully saturated rings. The Bertz CT molecular complexity index is 547. The highest BCUT2D eigenvalue weighted by Gasteiger charge is 2.11. The van der Waals surface area contributed by atoms with E-state index >= 15 is 0 Å². The molecule has 2 aromatic carbocycles. The van der Waals surface area contributed by atoms with E-state index in [-0.39, 0.29) is 12.4 Å². The first kappa shape index (κ1) is 15.2. The van der Waals surface area contributed by atoms with E-state index in [1.165, 1.54) is 11.6 Å². The van der Waals surface area contributed by atoms with E-state index in [1.807, 2.05) is 36.4 Å². The Kier molecular flexibility index (Phi) is 5.71. The molecule has 2 nitrogen and oxygen atoms in total. The van der Waals surface area contributed by atoms with Gasteiger partial charge in [0.1, 0.15) is 5.82 Å². The zero-order valence-electron chi connectivity index (χ0n) is 11.1. The Labute approximate surface area is 127 Å². The van der Waals surface area contributed by atoms with Crippen molar-refractivity contribution in [3.8, 4) is 0 Å². The molecule has 2 aromatic rings. The Morgan fingerprint density at radius 3 is 2.45 bits per heavy atom. The molecule has 0 saturated heterocycles. The second kappa shape index (κ2) is 7.53. The molecule has 0 bridgehead atoms. The van der Waals surface area contributed by atoms with Crippen molar-refractivity contribution >= 4 is 15.9 Å². The minimum Gasteiger partial charge on any atom is -0.395 e. The molecule has 106 valence electrons. The summed E-state index contributed by atoms with van der Waals surface area (Å²) in [5.41, 5.74) is 2.06. The molecule has 4 heteroatoms. The maximum absolute atomic E-state index is 13.5. The first-order chi connectivity index (χ1) is 9.70. The summed E-state index contributed by atoms with van der Waals surface area (Å²) in [6.07, 6.45) is 0. The van der Waals surface area contributed by atoms with E-state index in [1.54, 1.807) is 6.07 Å². The third-order valence-corrected chi connectivity index (χ3v) is 3.98. The topological polar surface area (TPSA) is 23.5 Å². The number of aliphatic hydroxyl groups is 1. The summed E-state index contributed by atoms with van der Waals surface area (Å²) in [5, 5.41) is 9.19. The lowest BCUT2D eigenvalue weighted by Crippen LogP contribution is -2.26. The van der Waals surface area contributed by atoms with Gasteiger partial charge in [-0.3, -0.25) is 4.90 Å². The molecule has 0 aliphatic rings. The molecular weight excluding hydrogens is 321 g/mol. The monoisotopic (exact) mass is 337 g/mol. The Hall–Kier alpha value is -1.23. The number of hydrogen-bond acceptors (Lipinski definition) is 2. The van der Waals surface area contributed by atoms with Crippen LogP contribution in [0.4, 0.5) is 4.39 Å². The SMILES string of the molecule is OCCN(Cc1ccccc1)Cc1cccc(F)c1Br. The number of benzene rings is 2. The van der Waals surface area contributed by atoms with Gasteiger partial charge >= 0.3 is 0 Å². The van der Waals surface area contributed by atoms with Crippen LogP contribution >= 0.6 is 15.9 Å². The lowest BCUT2D eigenvalue weighted by molar-refractivity contribution is 0.184.